The van der Waals surface area contributed by atoms with Crippen LogP contribution in [0.25, 0.3) is 6.08 Å². The largest absolute Gasteiger partial charge is 0.504 e. The zero-order chi connectivity index (χ0) is 26.3. The first-order valence-corrected chi connectivity index (χ1v) is 11.4. The Labute approximate surface area is 212 Å². The number of carbonyl (C=O) groups excluding carboxylic acids is 2. The minimum atomic E-state index is -0.509. The number of aromatic hydroxyl groups is 1. The van der Waals surface area contributed by atoms with E-state index in [9.17, 15) is 14.7 Å². The van der Waals surface area contributed by atoms with Gasteiger partial charge in [0.1, 0.15) is 11.5 Å². The average molecular weight is 504 g/mol. The maximum Gasteiger partial charge on any atom is 0.312 e. The zero-order valence-corrected chi connectivity index (χ0v) is 20.6. The van der Waals surface area contributed by atoms with Crippen LogP contribution in [0.15, 0.2) is 48.2 Å². The van der Waals surface area contributed by atoms with Crippen LogP contribution in [0.1, 0.15) is 39.4 Å². The van der Waals surface area contributed by atoms with Crippen LogP contribution in [-0.2, 0) is 4.79 Å². The molecule has 2 heterocycles. The van der Waals surface area contributed by atoms with E-state index in [0.29, 0.717) is 56.8 Å². The topological polar surface area (TPSA) is 110 Å². The Kier molecular flexibility index (Phi) is 6.12. The van der Waals surface area contributed by atoms with Gasteiger partial charge < -0.3 is 33.5 Å². The van der Waals surface area contributed by atoms with Gasteiger partial charge in [-0.05, 0) is 48.0 Å². The molecule has 0 spiro atoms. The van der Waals surface area contributed by atoms with Crippen LogP contribution in [-0.4, -0.2) is 45.3 Å². The highest BCUT2D eigenvalue weighted by atomic mass is 16.5. The quantitative estimate of drug-likeness (QED) is 0.295. The second kappa shape index (κ2) is 9.42. The Bertz CT molecular complexity index is 1450. The molecule has 0 unspecified atom stereocenters. The number of benzene rings is 3. The third kappa shape index (κ3) is 3.98. The molecule has 0 radical (unpaired) electrons. The van der Waals surface area contributed by atoms with Crippen molar-refractivity contribution >= 4 is 17.8 Å². The molecule has 2 aliphatic heterocycles. The standard InChI is InChI=1S/C28H24O9/c1-32-19-8-5-14(11-18(19)29)17-13-23(30)36-20-10-7-16-25(31)22(37-27(16)24(17)20)12-15-6-9-21(33-2)28(35-4)26(15)34-3/h5-12,17,29H,13H2,1-4H3/b22-12-/t17-/m1/s1. The normalized spacial score (nSPS) is 17.0. The summed E-state index contributed by atoms with van der Waals surface area (Å²) < 4.78 is 33.0. The minimum Gasteiger partial charge on any atom is -0.504 e. The highest BCUT2D eigenvalue weighted by Gasteiger charge is 2.39. The molecule has 3 aromatic rings. The molecule has 2 aliphatic rings. The summed E-state index contributed by atoms with van der Waals surface area (Å²) in [5.74, 6) is 0.889. The van der Waals surface area contributed by atoms with Crippen LogP contribution in [0.5, 0.6) is 40.2 Å². The van der Waals surface area contributed by atoms with Gasteiger partial charge in [0.15, 0.2) is 28.8 Å². The summed E-state index contributed by atoms with van der Waals surface area (Å²) in [5, 5.41) is 10.3. The lowest BCUT2D eigenvalue weighted by atomic mass is 9.84. The SMILES string of the molecule is COc1ccc([C@H]2CC(=O)Oc3ccc4c(c32)O/C(=C\c2ccc(OC)c(OC)c2OC)C4=O)cc1O. The molecule has 0 aliphatic carbocycles. The predicted molar refractivity (Wildman–Crippen MR) is 132 cm³/mol. The van der Waals surface area contributed by atoms with Gasteiger partial charge in [-0.15, -0.1) is 0 Å². The molecule has 37 heavy (non-hydrogen) atoms. The van der Waals surface area contributed by atoms with Crippen LogP contribution in [0, 0.1) is 0 Å². The summed E-state index contributed by atoms with van der Waals surface area (Å²) in [6, 6.07) is 11.5. The predicted octanol–water partition coefficient (Wildman–Crippen LogP) is 4.48. The third-order valence-electron chi connectivity index (χ3n) is 6.41. The summed E-state index contributed by atoms with van der Waals surface area (Å²) >= 11 is 0. The zero-order valence-electron chi connectivity index (χ0n) is 20.6. The lowest BCUT2D eigenvalue weighted by Crippen LogP contribution is -2.21. The number of Topliss-reactive ketones (excluding diaryl/α,β-unsaturated/α-hetero) is 1. The first-order valence-electron chi connectivity index (χ1n) is 11.4. The Balaban J connectivity index is 1.60. The second-order valence-corrected chi connectivity index (χ2v) is 8.38. The highest BCUT2D eigenvalue weighted by molar-refractivity contribution is 6.15. The van der Waals surface area contributed by atoms with Gasteiger partial charge in [0, 0.05) is 17.0 Å². The van der Waals surface area contributed by atoms with E-state index in [2.05, 4.69) is 0 Å². The smallest absolute Gasteiger partial charge is 0.312 e. The Morgan fingerprint density at radius 1 is 0.865 bits per heavy atom. The second-order valence-electron chi connectivity index (χ2n) is 8.38. The van der Waals surface area contributed by atoms with E-state index < -0.39 is 11.9 Å². The minimum absolute atomic E-state index is 0.00925. The number of phenolic OH excluding ortho intramolecular Hbond substituents is 1. The maximum atomic E-state index is 13.4. The summed E-state index contributed by atoms with van der Waals surface area (Å²) in [4.78, 5) is 25.8. The summed E-state index contributed by atoms with van der Waals surface area (Å²) in [7, 11) is 5.96. The van der Waals surface area contributed by atoms with Crippen LogP contribution in [0.3, 0.4) is 0 Å². The number of fused-ring (bicyclic) bond motifs is 3. The van der Waals surface area contributed by atoms with Gasteiger partial charge in [0.2, 0.25) is 11.5 Å². The molecular weight excluding hydrogens is 480 g/mol. The van der Waals surface area contributed by atoms with Crippen LogP contribution >= 0.6 is 0 Å². The first-order chi connectivity index (χ1) is 17.9. The van der Waals surface area contributed by atoms with E-state index in [1.165, 1.54) is 34.5 Å². The molecule has 9 heteroatoms. The van der Waals surface area contributed by atoms with Gasteiger partial charge in [0.25, 0.3) is 0 Å². The monoisotopic (exact) mass is 504 g/mol. The van der Waals surface area contributed by atoms with Crippen molar-refractivity contribution in [2.45, 2.75) is 12.3 Å². The molecule has 3 aromatic carbocycles. The number of esters is 1. The number of ether oxygens (including phenoxy) is 6. The summed E-state index contributed by atoms with van der Waals surface area (Å²) in [5.41, 5.74) is 2.09. The van der Waals surface area contributed by atoms with Crippen LogP contribution in [0.2, 0.25) is 0 Å². The number of rotatable bonds is 6. The van der Waals surface area contributed by atoms with E-state index in [1.807, 2.05) is 0 Å². The van der Waals surface area contributed by atoms with Crippen molar-refractivity contribution in [3.8, 4) is 40.2 Å². The van der Waals surface area contributed by atoms with Gasteiger partial charge in [-0.1, -0.05) is 6.07 Å². The number of hydrogen-bond donors (Lipinski definition) is 1. The fraction of sp³-hybridized carbons (Fsp3) is 0.214. The fourth-order valence-corrected chi connectivity index (χ4v) is 4.69. The van der Waals surface area contributed by atoms with Crippen molar-refractivity contribution in [2.75, 3.05) is 28.4 Å². The fourth-order valence-electron chi connectivity index (χ4n) is 4.69. The molecule has 9 nitrogen and oxygen atoms in total. The van der Waals surface area contributed by atoms with E-state index >= 15 is 0 Å². The maximum absolute atomic E-state index is 13.4. The molecule has 5 rings (SSSR count). The van der Waals surface area contributed by atoms with Crippen molar-refractivity contribution in [1.29, 1.82) is 0 Å². The van der Waals surface area contributed by atoms with Gasteiger partial charge in [-0.3, -0.25) is 9.59 Å². The molecule has 0 bridgehead atoms. The number of hydrogen-bond acceptors (Lipinski definition) is 9. The van der Waals surface area contributed by atoms with Gasteiger partial charge in [-0.25, -0.2) is 0 Å². The molecule has 0 saturated carbocycles. The molecule has 1 N–H and O–H groups in total. The Hall–Kier alpha value is -4.66. The first kappa shape index (κ1) is 24.1. The lowest BCUT2D eigenvalue weighted by Gasteiger charge is -2.26. The molecule has 0 aromatic heterocycles. The van der Waals surface area contributed by atoms with Crippen molar-refractivity contribution in [2.24, 2.45) is 0 Å². The van der Waals surface area contributed by atoms with Crippen molar-refractivity contribution in [3.05, 3.63) is 70.5 Å². The van der Waals surface area contributed by atoms with Crippen molar-refractivity contribution in [3.63, 3.8) is 0 Å². The number of carbonyl (C=O) groups is 2. The average Bonchev–Trinajstić information content (AvgIpc) is 3.22. The summed E-state index contributed by atoms with van der Waals surface area (Å²) in [6.45, 7) is 0. The van der Waals surface area contributed by atoms with Gasteiger partial charge in [-0.2, -0.15) is 0 Å². The summed E-state index contributed by atoms with van der Waals surface area (Å²) in [6.07, 6.45) is 1.58. The number of methoxy groups -OCH3 is 4. The molecular formula is C28H24O9. The van der Waals surface area contributed by atoms with E-state index in [4.69, 9.17) is 28.4 Å². The van der Waals surface area contributed by atoms with E-state index in [0.717, 1.165) is 0 Å². The molecule has 190 valence electrons. The highest BCUT2D eigenvalue weighted by Crippen LogP contribution is 2.50. The number of allylic oxidation sites excluding steroid dienone is 1. The molecule has 1 atom stereocenters. The van der Waals surface area contributed by atoms with Crippen molar-refractivity contribution < 1.29 is 43.1 Å². The Morgan fingerprint density at radius 3 is 2.27 bits per heavy atom. The Morgan fingerprint density at radius 2 is 1.59 bits per heavy atom. The van der Waals surface area contributed by atoms with Gasteiger partial charge in [0.05, 0.1) is 40.4 Å². The van der Waals surface area contributed by atoms with Gasteiger partial charge >= 0.3 is 5.97 Å². The molecule has 0 saturated heterocycles. The van der Waals surface area contributed by atoms with Crippen LogP contribution < -0.4 is 28.4 Å². The van der Waals surface area contributed by atoms with Crippen molar-refractivity contribution in [1.82, 2.24) is 0 Å². The third-order valence-corrected chi connectivity index (χ3v) is 6.41. The van der Waals surface area contributed by atoms with E-state index in [-0.39, 0.29) is 23.7 Å². The molecule has 0 fully saturated rings. The van der Waals surface area contributed by atoms with Crippen LogP contribution in [0.4, 0.5) is 0 Å². The number of phenols is 1. The molecule has 0 amide bonds. The van der Waals surface area contributed by atoms with E-state index in [1.54, 1.807) is 42.5 Å². The lowest BCUT2D eigenvalue weighted by molar-refractivity contribution is -0.135. The number of ketones is 1.